The third-order valence-electron chi connectivity index (χ3n) is 6.66. The van der Waals surface area contributed by atoms with Gasteiger partial charge in [-0.2, -0.15) is 4.31 Å². The highest BCUT2D eigenvalue weighted by Crippen LogP contribution is 2.49. The number of rotatable bonds is 4. The molecule has 0 saturated carbocycles. The first-order valence-corrected chi connectivity index (χ1v) is 11.9. The van der Waals surface area contributed by atoms with Crippen LogP contribution in [0.3, 0.4) is 0 Å². The van der Waals surface area contributed by atoms with Gasteiger partial charge in [0, 0.05) is 54.6 Å². The zero-order valence-electron chi connectivity index (χ0n) is 17.9. The predicted octanol–water partition coefficient (Wildman–Crippen LogP) is 2.01. The Hall–Kier alpha value is -2.88. The van der Waals surface area contributed by atoms with Crippen molar-refractivity contribution < 1.29 is 23.1 Å². The first-order valence-electron chi connectivity index (χ1n) is 10.4. The van der Waals surface area contributed by atoms with Gasteiger partial charge in [-0.05, 0) is 29.8 Å². The highest BCUT2D eigenvalue weighted by Gasteiger charge is 2.56. The summed E-state index contributed by atoms with van der Waals surface area (Å²) < 4.78 is 33.1. The molecule has 1 amide bonds. The third kappa shape index (κ3) is 2.96. The fraction of sp³-hybridized carbons (Fsp3) is 0.348. The van der Waals surface area contributed by atoms with E-state index in [0.29, 0.717) is 12.3 Å². The molecule has 0 unspecified atom stereocenters. The minimum absolute atomic E-state index is 0.158. The summed E-state index contributed by atoms with van der Waals surface area (Å²) in [5.74, 6) is 0.533. The summed E-state index contributed by atoms with van der Waals surface area (Å²) in [6.45, 7) is 2.12. The monoisotopic (exact) mass is 455 g/mol. The van der Waals surface area contributed by atoms with Crippen LogP contribution in [0.15, 0.2) is 53.4 Å². The molecular formula is C23H25N3O5S. The van der Waals surface area contributed by atoms with E-state index in [1.165, 1.54) is 11.2 Å². The molecular weight excluding hydrogens is 430 g/mol. The minimum atomic E-state index is -3.63. The SMILES string of the molecule is COc1ccc2c3c([nH]c2c1)[C@H](CO)N(C(C)=O)CC31CN(S(=O)(=O)c2ccccc2)C1. The van der Waals surface area contributed by atoms with Crippen molar-refractivity contribution in [2.24, 2.45) is 0 Å². The largest absolute Gasteiger partial charge is 0.497 e. The maximum Gasteiger partial charge on any atom is 0.243 e. The Bertz CT molecular complexity index is 1300. The number of aliphatic hydroxyl groups is 1. The van der Waals surface area contributed by atoms with Crippen molar-refractivity contribution in [1.29, 1.82) is 0 Å². The number of aromatic nitrogens is 1. The molecule has 0 bridgehead atoms. The van der Waals surface area contributed by atoms with Gasteiger partial charge in [0.25, 0.3) is 0 Å². The van der Waals surface area contributed by atoms with Gasteiger partial charge in [-0.1, -0.05) is 18.2 Å². The van der Waals surface area contributed by atoms with Gasteiger partial charge in [0.15, 0.2) is 0 Å². The number of hydrogen-bond donors (Lipinski definition) is 2. The van der Waals surface area contributed by atoms with E-state index < -0.39 is 21.5 Å². The number of fused-ring (bicyclic) bond motifs is 4. The number of aliphatic hydroxyl groups excluding tert-OH is 1. The highest BCUT2D eigenvalue weighted by atomic mass is 32.2. The highest BCUT2D eigenvalue weighted by molar-refractivity contribution is 7.89. The molecule has 168 valence electrons. The number of methoxy groups -OCH3 is 1. The predicted molar refractivity (Wildman–Crippen MR) is 119 cm³/mol. The second kappa shape index (κ2) is 7.33. The van der Waals surface area contributed by atoms with E-state index in [2.05, 4.69) is 4.98 Å². The van der Waals surface area contributed by atoms with Crippen molar-refractivity contribution in [2.75, 3.05) is 33.4 Å². The quantitative estimate of drug-likeness (QED) is 0.627. The average Bonchev–Trinajstić information content (AvgIpc) is 3.15. The van der Waals surface area contributed by atoms with Gasteiger partial charge in [0.2, 0.25) is 15.9 Å². The zero-order valence-corrected chi connectivity index (χ0v) is 18.7. The Balaban J connectivity index is 1.62. The Morgan fingerprint density at radius 3 is 2.53 bits per heavy atom. The van der Waals surface area contributed by atoms with E-state index in [0.717, 1.165) is 22.2 Å². The lowest BCUT2D eigenvalue weighted by Crippen LogP contribution is -2.67. The van der Waals surface area contributed by atoms with E-state index in [9.17, 15) is 18.3 Å². The van der Waals surface area contributed by atoms with Crippen molar-refractivity contribution >= 4 is 26.8 Å². The summed E-state index contributed by atoms with van der Waals surface area (Å²) in [6.07, 6.45) is 0. The number of H-pyrrole nitrogens is 1. The molecule has 1 spiro atoms. The molecule has 0 radical (unpaired) electrons. The van der Waals surface area contributed by atoms with Crippen LogP contribution in [0.25, 0.3) is 10.9 Å². The van der Waals surface area contributed by atoms with Gasteiger partial charge in [-0.15, -0.1) is 0 Å². The molecule has 2 aromatic carbocycles. The van der Waals surface area contributed by atoms with Crippen LogP contribution in [0.5, 0.6) is 5.75 Å². The van der Waals surface area contributed by atoms with Gasteiger partial charge in [-0.3, -0.25) is 4.79 Å². The average molecular weight is 456 g/mol. The molecule has 5 rings (SSSR count). The van der Waals surface area contributed by atoms with E-state index in [4.69, 9.17) is 4.74 Å². The lowest BCUT2D eigenvalue weighted by Gasteiger charge is -2.55. The summed E-state index contributed by atoms with van der Waals surface area (Å²) in [5, 5.41) is 11.1. The molecule has 2 aliphatic rings. The molecule has 3 heterocycles. The lowest BCUT2D eigenvalue weighted by atomic mass is 9.70. The van der Waals surface area contributed by atoms with Crippen molar-refractivity contribution in [2.45, 2.75) is 23.3 Å². The van der Waals surface area contributed by atoms with E-state index in [1.807, 2.05) is 18.2 Å². The number of hydrogen-bond acceptors (Lipinski definition) is 5. The normalized spacial score (nSPS) is 20.2. The summed E-state index contributed by atoms with van der Waals surface area (Å²) in [4.78, 5) is 17.7. The van der Waals surface area contributed by atoms with Crippen LogP contribution in [0, 0.1) is 0 Å². The van der Waals surface area contributed by atoms with Crippen LogP contribution in [0.4, 0.5) is 0 Å². The van der Waals surface area contributed by atoms with Crippen LogP contribution in [-0.4, -0.2) is 67.0 Å². The van der Waals surface area contributed by atoms with Crippen molar-refractivity contribution in [3.8, 4) is 5.75 Å². The smallest absolute Gasteiger partial charge is 0.243 e. The molecule has 1 saturated heterocycles. The number of sulfonamides is 1. The molecule has 0 aliphatic carbocycles. The summed E-state index contributed by atoms with van der Waals surface area (Å²) in [7, 11) is -2.04. The zero-order chi connectivity index (χ0) is 22.7. The van der Waals surface area contributed by atoms with Gasteiger partial charge < -0.3 is 19.7 Å². The number of carbonyl (C=O) groups excluding carboxylic acids is 1. The first-order chi connectivity index (χ1) is 15.3. The van der Waals surface area contributed by atoms with Crippen LogP contribution in [-0.2, 0) is 20.2 Å². The van der Waals surface area contributed by atoms with Crippen LogP contribution >= 0.6 is 0 Å². The maximum absolute atomic E-state index is 13.2. The molecule has 1 fully saturated rings. The van der Waals surface area contributed by atoms with Crippen molar-refractivity contribution in [1.82, 2.24) is 14.2 Å². The number of amides is 1. The second-order valence-electron chi connectivity index (χ2n) is 8.54. The maximum atomic E-state index is 13.2. The minimum Gasteiger partial charge on any atom is -0.497 e. The Morgan fingerprint density at radius 2 is 1.91 bits per heavy atom. The van der Waals surface area contributed by atoms with Crippen LogP contribution in [0.1, 0.15) is 24.2 Å². The Morgan fingerprint density at radius 1 is 1.19 bits per heavy atom. The number of benzene rings is 2. The van der Waals surface area contributed by atoms with E-state index >= 15 is 0 Å². The molecule has 32 heavy (non-hydrogen) atoms. The second-order valence-corrected chi connectivity index (χ2v) is 10.5. The third-order valence-corrected chi connectivity index (χ3v) is 8.47. The Kier molecular flexibility index (Phi) is 4.81. The number of nitrogens with zero attached hydrogens (tertiary/aromatic N) is 2. The fourth-order valence-corrected chi connectivity index (χ4v) is 6.77. The molecule has 3 aromatic rings. The number of carbonyl (C=O) groups is 1. The van der Waals surface area contributed by atoms with E-state index in [-0.39, 0.29) is 30.5 Å². The Labute approximate surface area is 186 Å². The summed E-state index contributed by atoms with van der Waals surface area (Å²) in [5.41, 5.74) is 2.02. The lowest BCUT2D eigenvalue weighted by molar-refractivity contribution is -0.135. The van der Waals surface area contributed by atoms with Crippen molar-refractivity contribution in [3.63, 3.8) is 0 Å². The molecule has 2 N–H and O–H groups in total. The summed E-state index contributed by atoms with van der Waals surface area (Å²) >= 11 is 0. The standard InChI is InChI=1S/C23H25N3O5S/c1-15(28)26-14-23(12-25(13-23)32(29,30)17-6-4-3-5-7-17)21-18-9-8-16(31-2)10-19(18)24-22(21)20(26)11-27/h3-10,20,24,27H,11-14H2,1-2H3/t20-/m0/s1. The molecule has 8 nitrogen and oxygen atoms in total. The van der Waals surface area contributed by atoms with Gasteiger partial charge in [0.05, 0.1) is 24.7 Å². The summed E-state index contributed by atoms with van der Waals surface area (Å²) in [6, 6.07) is 13.6. The van der Waals surface area contributed by atoms with Crippen LogP contribution in [0.2, 0.25) is 0 Å². The number of nitrogens with one attached hydrogen (secondary N) is 1. The molecule has 9 heteroatoms. The van der Waals surface area contributed by atoms with Crippen molar-refractivity contribution in [3.05, 3.63) is 59.8 Å². The van der Waals surface area contributed by atoms with Gasteiger partial charge in [-0.25, -0.2) is 8.42 Å². The fourth-order valence-electron chi connectivity index (χ4n) is 5.14. The van der Waals surface area contributed by atoms with Crippen LogP contribution < -0.4 is 4.74 Å². The number of ether oxygens (including phenoxy) is 1. The molecule has 1 atom stereocenters. The molecule has 1 aromatic heterocycles. The number of aromatic amines is 1. The van der Waals surface area contributed by atoms with Gasteiger partial charge in [0.1, 0.15) is 5.75 Å². The molecule has 2 aliphatic heterocycles. The van der Waals surface area contributed by atoms with E-state index in [1.54, 1.807) is 42.3 Å². The topological polar surface area (TPSA) is 103 Å². The first kappa shape index (κ1) is 21.0. The van der Waals surface area contributed by atoms with Gasteiger partial charge >= 0.3 is 0 Å².